The van der Waals surface area contributed by atoms with E-state index < -0.39 is 17.3 Å². The van der Waals surface area contributed by atoms with Crippen LogP contribution in [0.25, 0.3) is 0 Å². The first kappa shape index (κ1) is 13.9. The number of carbonyl (C=O) groups is 2. The molecule has 0 aliphatic carbocycles. The Morgan fingerprint density at radius 1 is 1.41 bits per heavy atom. The first-order valence-electron chi connectivity index (χ1n) is 5.20. The lowest BCUT2D eigenvalue weighted by atomic mass is 10.2. The SMILES string of the molecule is CC(=O)NC(C(=O)N1CCOCC1)C(S)N=O. The number of morpholine rings is 1. The van der Waals surface area contributed by atoms with E-state index in [4.69, 9.17) is 4.74 Å². The number of nitroso groups, excluding NO2 is 1. The Labute approximate surface area is 104 Å². The van der Waals surface area contributed by atoms with Crippen molar-refractivity contribution >= 4 is 24.4 Å². The first-order valence-corrected chi connectivity index (χ1v) is 5.72. The Morgan fingerprint density at radius 3 is 2.47 bits per heavy atom. The van der Waals surface area contributed by atoms with E-state index in [0.717, 1.165) is 0 Å². The summed E-state index contributed by atoms with van der Waals surface area (Å²) in [6, 6.07) is -1.02. The normalized spacial score (nSPS) is 19.3. The van der Waals surface area contributed by atoms with E-state index in [1.54, 1.807) is 0 Å². The predicted octanol–water partition coefficient (Wildman–Crippen LogP) is -0.628. The van der Waals surface area contributed by atoms with Gasteiger partial charge in [-0.2, -0.15) is 0 Å². The van der Waals surface area contributed by atoms with Gasteiger partial charge in [-0.25, -0.2) is 0 Å². The Balaban J connectivity index is 2.70. The van der Waals surface area contributed by atoms with Crippen LogP contribution in [0.3, 0.4) is 0 Å². The first-order chi connectivity index (χ1) is 8.06. The van der Waals surface area contributed by atoms with Crippen molar-refractivity contribution in [2.24, 2.45) is 5.18 Å². The smallest absolute Gasteiger partial charge is 0.248 e. The fraction of sp³-hybridized carbons (Fsp3) is 0.778. The molecule has 1 N–H and O–H groups in total. The van der Waals surface area contributed by atoms with Crippen LogP contribution in [0.1, 0.15) is 6.92 Å². The van der Waals surface area contributed by atoms with Crippen molar-refractivity contribution in [2.45, 2.75) is 18.3 Å². The quantitative estimate of drug-likeness (QED) is 0.521. The molecule has 1 aliphatic rings. The molecular weight excluding hydrogens is 246 g/mol. The highest BCUT2D eigenvalue weighted by Gasteiger charge is 2.32. The predicted molar refractivity (Wildman–Crippen MR) is 63.6 cm³/mol. The molecule has 0 aromatic carbocycles. The second kappa shape index (κ2) is 6.55. The van der Waals surface area contributed by atoms with Gasteiger partial charge in [-0.3, -0.25) is 9.59 Å². The van der Waals surface area contributed by atoms with Gasteiger partial charge >= 0.3 is 0 Å². The van der Waals surface area contributed by atoms with Crippen LogP contribution in [0.15, 0.2) is 5.18 Å². The summed E-state index contributed by atoms with van der Waals surface area (Å²) < 4.78 is 5.11. The molecule has 2 amide bonds. The summed E-state index contributed by atoms with van der Waals surface area (Å²) >= 11 is 3.89. The van der Waals surface area contributed by atoms with Crippen LogP contribution in [-0.4, -0.2) is 54.4 Å². The molecule has 1 rings (SSSR count). The maximum absolute atomic E-state index is 12.0. The van der Waals surface area contributed by atoms with Gasteiger partial charge < -0.3 is 15.0 Å². The third-order valence-corrected chi connectivity index (χ3v) is 2.75. The molecule has 0 radical (unpaired) electrons. The molecule has 0 aromatic rings. The molecule has 2 atom stereocenters. The summed E-state index contributed by atoms with van der Waals surface area (Å²) in [4.78, 5) is 35.0. The highest BCUT2D eigenvalue weighted by Crippen LogP contribution is 2.09. The highest BCUT2D eigenvalue weighted by molar-refractivity contribution is 7.81. The van der Waals surface area contributed by atoms with Crippen molar-refractivity contribution < 1.29 is 14.3 Å². The molecule has 8 heteroatoms. The number of carbonyl (C=O) groups excluding carboxylic acids is 2. The zero-order valence-corrected chi connectivity index (χ0v) is 10.4. The minimum atomic E-state index is -1.09. The Bertz CT molecular complexity index is 307. The van der Waals surface area contributed by atoms with Crippen molar-refractivity contribution in [1.82, 2.24) is 10.2 Å². The molecule has 1 fully saturated rings. The van der Waals surface area contributed by atoms with Gasteiger partial charge in [0.2, 0.25) is 11.8 Å². The number of amides is 2. The topological polar surface area (TPSA) is 88.1 Å². The van der Waals surface area contributed by atoms with Gasteiger partial charge in [0.25, 0.3) is 0 Å². The Morgan fingerprint density at radius 2 is 2.00 bits per heavy atom. The minimum absolute atomic E-state index is 0.358. The average Bonchev–Trinajstić information content (AvgIpc) is 2.35. The monoisotopic (exact) mass is 261 g/mol. The number of nitrogens with one attached hydrogen (secondary N) is 1. The van der Waals surface area contributed by atoms with Crippen molar-refractivity contribution in [1.29, 1.82) is 0 Å². The van der Waals surface area contributed by atoms with E-state index in [9.17, 15) is 14.5 Å². The zero-order chi connectivity index (χ0) is 12.8. The lowest BCUT2D eigenvalue weighted by molar-refractivity contribution is -0.139. The van der Waals surface area contributed by atoms with Gasteiger partial charge in [-0.05, 0) is 0 Å². The zero-order valence-electron chi connectivity index (χ0n) is 9.46. The number of hydrogen-bond acceptors (Lipinski definition) is 6. The summed E-state index contributed by atoms with van der Waals surface area (Å²) in [5.41, 5.74) is 0. The van der Waals surface area contributed by atoms with Crippen LogP contribution in [0, 0.1) is 4.91 Å². The Kier molecular flexibility index (Phi) is 5.36. The lowest BCUT2D eigenvalue weighted by Gasteiger charge is -2.31. The number of nitrogens with zero attached hydrogens (tertiary/aromatic N) is 2. The van der Waals surface area contributed by atoms with E-state index in [-0.39, 0.29) is 5.91 Å². The maximum Gasteiger partial charge on any atom is 0.248 e. The summed E-state index contributed by atoms with van der Waals surface area (Å²) in [6.07, 6.45) is 0. The number of hydrogen-bond donors (Lipinski definition) is 2. The maximum atomic E-state index is 12.0. The molecule has 0 aromatic heterocycles. The van der Waals surface area contributed by atoms with Crippen LogP contribution in [0.2, 0.25) is 0 Å². The van der Waals surface area contributed by atoms with Gasteiger partial charge in [0, 0.05) is 20.0 Å². The lowest BCUT2D eigenvalue weighted by Crippen LogP contribution is -2.54. The van der Waals surface area contributed by atoms with Crippen LogP contribution >= 0.6 is 12.6 Å². The van der Waals surface area contributed by atoms with E-state index in [1.807, 2.05) is 0 Å². The number of thiol groups is 1. The van der Waals surface area contributed by atoms with E-state index in [0.29, 0.717) is 26.3 Å². The van der Waals surface area contributed by atoms with Gasteiger partial charge in [0.15, 0.2) is 5.37 Å². The van der Waals surface area contributed by atoms with Crippen molar-refractivity contribution in [3.63, 3.8) is 0 Å². The van der Waals surface area contributed by atoms with E-state index in [2.05, 4.69) is 23.1 Å². The van der Waals surface area contributed by atoms with Gasteiger partial charge in [0.05, 0.1) is 13.2 Å². The fourth-order valence-corrected chi connectivity index (χ4v) is 1.73. The van der Waals surface area contributed by atoms with Gasteiger partial charge in [0.1, 0.15) is 6.04 Å². The number of rotatable bonds is 4. The van der Waals surface area contributed by atoms with Crippen molar-refractivity contribution in [3.05, 3.63) is 4.91 Å². The van der Waals surface area contributed by atoms with Crippen LogP contribution in [-0.2, 0) is 14.3 Å². The van der Waals surface area contributed by atoms with Gasteiger partial charge in [-0.15, -0.1) is 17.5 Å². The molecule has 96 valence electrons. The molecule has 17 heavy (non-hydrogen) atoms. The molecule has 2 unspecified atom stereocenters. The molecule has 1 saturated heterocycles. The molecule has 0 saturated carbocycles. The Hall–Kier alpha value is -1.15. The molecule has 1 aliphatic heterocycles. The summed E-state index contributed by atoms with van der Waals surface area (Å²) in [7, 11) is 0. The van der Waals surface area contributed by atoms with E-state index in [1.165, 1.54) is 11.8 Å². The highest BCUT2D eigenvalue weighted by atomic mass is 32.1. The van der Waals surface area contributed by atoms with Crippen LogP contribution < -0.4 is 5.32 Å². The molecule has 0 bridgehead atoms. The van der Waals surface area contributed by atoms with Crippen molar-refractivity contribution in [2.75, 3.05) is 26.3 Å². The molecular formula is C9H15N3O4S. The van der Waals surface area contributed by atoms with Crippen LogP contribution in [0.4, 0.5) is 0 Å². The van der Waals surface area contributed by atoms with E-state index >= 15 is 0 Å². The molecule has 0 spiro atoms. The average molecular weight is 261 g/mol. The second-order valence-electron chi connectivity index (χ2n) is 3.63. The van der Waals surface area contributed by atoms with Gasteiger partial charge in [-0.1, -0.05) is 5.18 Å². The van der Waals surface area contributed by atoms with Crippen LogP contribution in [0.5, 0.6) is 0 Å². The fourth-order valence-electron chi connectivity index (χ4n) is 1.52. The third-order valence-electron chi connectivity index (χ3n) is 2.35. The third kappa shape index (κ3) is 3.97. The number of ether oxygens (including phenoxy) is 1. The standard InChI is InChI=1S/C9H15N3O4S/c1-6(13)10-7(8(17)11-15)9(14)12-2-4-16-5-3-12/h7-8,17H,2-5H2,1H3,(H,10,13). The largest absolute Gasteiger partial charge is 0.378 e. The molecule has 7 nitrogen and oxygen atoms in total. The van der Waals surface area contributed by atoms with Crippen molar-refractivity contribution in [3.8, 4) is 0 Å². The molecule has 1 heterocycles. The summed E-state index contributed by atoms with van der Waals surface area (Å²) in [5.74, 6) is -0.762. The summed E-state index contributed by atoms with van der Waals surface area (Å²) in [5, 5.41) is 3.98. The summed E-state index contributed by atoms with van der Waals surface area (Å²) in [6.45, 7) is 3.04. The second-order valence-corrected chi connectivity index (χ2v) is 4.16. The minimum Gasteiger partial charge on any atom is -0.378 e.